The first-order valence-corrected chi connectivity index (χ1v) is 5.68. The monoisotopic (exact) mass is 224 g/mol. The fourth-order valence-electron chi connectivity index (χ4n) is 1.69. The second-order valence-corrected chi connectivity index (χ2v) is 4.07. The number of hydrogen-bond donors (Lipinski definition) is 2. The molecule has 17 heavy (non-hydrogen) atoms. The number of aryl methyl sites for hydroxylation is 1. The molecule has 0 saturated heterocycles. The lowest BCUT2D eigenvalue weighted by Gasteiger charge is -2.09. The summed E-state index contributed by atoms with van der Waals surface area (Å²) in [5, 5.41) is 10.7. The van der Waals surface area contributed by atoms with Crippen LogP contribution < -0.4 is 5.32 Å². The summed E-state index contributed by atoms with van der Waals surface area (Å²) < 4.78 is 0. The predicted molar refractivity (Wildman–Crippen MR) is 72.8 cm³/mol. The molecule has 2 nitrogen and oxygen atoms in total. The van der Waals surface area contributed by atoms with E-state index in [1.54, 1.807) is 0 Å². The first-order chi connectivity index (χ1) is 8.29. The largest absolute Gasteiger partial charge is 0.380 e. The summed E-state index contributed by atoms with van der Waals surface area (Å²) in [6, 6.07) is 16.3. The van der Waals surface area contributed by atoms with E-state index >= 15 is 0 Å². The number of benzene rings is 2. The Hall–Kier alpha value is -2.09. The van der Waals surface area contributed by atoms with Gasteiger partial charge in [-0.05, 0) is 18.6 Å². The molecule has 0 spiro atoms. The zero-order valence-corrected chi connectivity index (χ0v) is 9.90. The fraction of sp³-hybridized carbons (Fsp3) is 0.133. The molecule has 0 unspecified atom stereocenters. The second kappa shape index (κ2) is 5.30. The molecule has 2 aromatic carbocycles. The quantitative estimate of drug-likeness (QED) is 0.765. The van der Waals surface area contributed by atoms with E-state index in [0.717, 1.165) is 17.8 Å². The minimum Gasteiger partial charge on any atom is -0.380 e. The first-order valence-electron chi connectivity index (χ1n) is 5.68. The lowest BCUT2D eigenvalue weighted by molar-refractivity contribution is 1.14. The smallest absolute Gasteiger partial charge is 0.0431 e. The van der Waals surface area contributed by atoms with Crippen molar-refractivity contribution in [1.29, 1.82) is 5.41 Å². The Morgan fingerprint density at radius 2 is 1.76 bits per heavy atom. The van der Waals surface area contributed by atoms with Crippen LogP contribution in [0.1, 0.15) is 16.7 Å². The molecule has 0 bridgehead atoms. The third kappa shape index (κ3) is 2.94. The van der Waals surface area contributed by atoms with Gasteiger partial charge in [0.1, 0.15) is 0 Å². The van der Waals surface area contributed by atoms with Gasteiger partial charge in [0, 0.05) is 24.0 Å². The van der Waals surface area contributed by atoms with Crippen molar-refractivity contribution in [2.75, 3.05) is 5.32 Å². The van der Waals surface area contributed by atoms with Crippen molar-refractivity contribution in [2.45, 2.75) is 13.5 Å². The molecule has 0 heterocycles. The molecule has 0 aliphatic carbocycles. The lowest BCUT2D eigenvalue weighted by atomic mass is 10.1. The third-order valence-electron chi connectivity index (χ3n) is 2.72. The molecular weight excluding hydrogens is 208 g/mol. The molecule has 0 radical (unpaired) electrons. The Kier molecular flexibility index (Phi) is 3.55. The molecule has 2 aromatic rings. The Morgan fingerprint density at radius 3 is 2.47 bits per heavy atom. The van der Waals surface area contributed by atoms with Crippen molar-refractivity contribution in [2.24, 2.45) is 0 Å². The molecule has 2 N–H and O–H groups in total. The van der Waals surface area contributed by atoms with Gasteiger partial charge in [-0.25, -0.2) is 0 Å². The molecule has 0 aliphatic heterocycles. The summed E-state index contributed by atoms with van der Waals surface area (Å²) in [6.07, 6.45) is 1.37. The molecule has 86 valence electrons. The first kappa shape index (κ1) is 11.4. The van der Waals surface area contributed by atoms with Gasteiger partial charge in [-0.1, -0.05) is 48.0 Å². The topological polar surface area (TPSA) is 35.9 Å². The predicted octanol–water partition coefficient (Wildman–Crippen LogP) is 3.60. The SMILES string of the molecule is Cc1ccc(CNc2ccccc2C=N)cc1. The van der Waals surface area contributed by atoms with Gasteiger partial charge in [-0.2, -0.15) is 0 Å². The maximum absolute atomic E-state index is 7.33. The highest BCUT2D eigenvalue weighted by atomic mass is 14.9. The summed E-state index contributed by atoms with van der Waals surface area (Å²) in [5.74, 6) is 0. The van der Waals surface area contributed by atoms with Gasteiger partial charge in [0.05, 0.1) is 0 Å². The average Bonchev–Trinajstić information content (AvgIpc) is 2.38. The van der Waals surface area contributed by atoms with E-state index in [1.807, 2.05) is 24.3 Å². The Labute approximate surface area is 102 Å². The van der Waals surface area contributed by atoms with Crippen molar-refractivity contribution < 1.29 is 0 Å². The van der Waals surface area contributed by atoms with Gasteiger partial charge in [0.15, 0.2) is 0 Å². The van der Waals surface area contributed by atoms with Crippen molar-refractivity contribution in [3.05, 3.63) is 65.2 Å². The normalized spacial score (nSPS) is 9.94. The van der Waals surface area contributed by atoms with Crippen LogP contribution in [-0.4, -0.2) is 6.21 Å². The number of hydrogen-bond acceptors (Lipinski definition) is 2. The molecule has 0 atom stereocenters. The number of nitrogens with one attached hydrogen (secondary N) is 2. The summed E-state index contributed by atoms with van der Waals surface area (Å²) in [4.78, 5) is 0. The van der Waals surface area contributed by atoms with Gasteiger partial charge in [-0.3, -0.25) is 0 Å². The van der Waals surface area contributed by atoms with Gasteiger partial charge >= 0.3 is 0 Å². The van der Waals surface area contributed by atoms with E-state index in [9.17, 15) is 0 Å². The van der Waals surface area contributed by atoms with Crippen LogP contribution in [0, 0.1) is 12.3 Å². The Bertz CT molecular complexity index is 501. The van der Waals surface area contributed by atoms with Crippen molar-refractivity contribution in [3.8, 4) is 0 Å². The molecule has 2 heteroatoms. The zero-order valence-electron chi connectivity index (χ0n) is 9.90. The van der Waals surface area contributed by atoms with E-state index in [0.29, 0.717) is 0 Å². The number of para-hydroxylation sites is 1. The van der Waals surface area contributed by atoms with E-state index in [-0.39, 0.29) is 0 Å². The third-order valence-corrected chi connectivity index (χ3v) is 2.72. The van der Waals surface area contributed by atoms with E-state index in [1.165, 1.54) is 17.3 Å². The molecule has 0 amide bonds. The van der Waals surface area contributed by atoms with Crippen LogP contribution in [0.3, 0.4) is 0 Å². The van der Waals surface area contributed by atoms with Crippen molar-refractivity contribution in [3.63, 3.8) is 0 Å². The van der Waals surface area contributed by atoms with Gasteiger partial charge in [-0.15, -0.1) is 0 Å². The van der Waals surface area contributed by atoms with Crippen LogP contribution in [0.4, 0.5) is 5.69 Å². The number of rotatable bonds is 4. The highest BCUT2D eigenvalue weighted by molar-refractivity contribution is 5.85. The number of anilines is 1. The van der Waals surface area contributed by atoms with Gasteiger partial charge in [0.2, 0.25) is 0 Å². The van der Waals surface area contributed by atoms with Crippen molar-refractivity contribution >= 4 is 11.9 Å². The van der Waals surface area contributed by atoms with Crippen molar-refractivity contribution in [1.82, 2.24) is 0 Å². The molecule has 2 rings (SSSR count). The summed E-state index contributed by atoms with van der Waals surface area (Å²) in [6.45, 7) is 2.87. The van der Waals surface area contributed by atoms with E-state index in [4.69, 9.17) is 5.41 Å². The highest BCUT2D eigenvalue weighted by Gasteiger charge is 1.98. The maximum atomic E-state index is 7.33. The molecule has 0 aromatic heterocycles. The Balaban J connectivity index is 2.07. The maximum Gasteiger partial charge on any atom is 0.0431 e. The minimum atomic E-state index is 0.783. The Morgan fingerprint density at radius 1 is 1.06 bits per heavy atom. The zero-order chi connectivity index (χ0) is 12.1. The lowest BCUT2D eigenvalue weighted by Crippen LogP contribution is -2.01. The second-order valence-electron chi connectivity index (χ2n) is 4.07. The van der Waals surface area contributed by atoms with Gasteiger partial charge in [0.25, 0.3) is 0 Å². The van der Waals surface area contributed by atoms with Crippen LogP contribution in [0.25, 0.3) is 0 Å². The van der Waals surface area contributed by atoms with Crippen LogP contribution in [-0.2, 0) is 6.54 Å². The minimum absolute atomic E-state index is 0.783. The van der Waals surface area contributed by atoms with Crippen LogP contribution >= 0.6 is 0 Å². The average molecular weight is 224 g/mol. The fourth-order valence-corrected chi connectivity index (χ4v) is 1.69. The van der Waals surface area contributed by atoms with Crippen LogP contribution in [0.15, 0.2) is 48.5 Å². The van der Waals surface area contributed by atoms with Crippen LogP contribution in [0.2, 0.25) is 0 Å². The van der Waals surface area contributed by atoms with E-state index in [2.05, 4.69) is 36.5 Å². The molecule has 0 aliphatic rings. The van der Waals surface area contributed by atoms with E-state index < -0.39 is 0 Å². The summed E-state index contributed by atoms with van der Waals surface area (Å²) in [7, 11) is 0. The highest BCUT2D eigenvalue weighted by Crippen LogP contribution is 2.14. The summed E-state index contributed by atoms with van der Waals surface area (Å²) >= 11 is 0. The van der Waals surface area contributed by atoms with Gasteiger partial charge < -0.3 is 10.7 Å². The summed E-state index contributed by atoms with van der Waals surface area (Å²) in [5.41, 5.74) is 4.44. The molecule has 0 fully saturated rings. The molecule has 0 saturated carbocycles. The standard InChI is InChI=1S/C15H16N2/c1-12-6-8-13(9-7-12)11-17-15-5-3-2-4-14(15)10-16/h2-10,16-17H,11H2,1H3. The molecular formula is C15H16N2. The van der Waals surface area contributed by atoms with Crippen LogP contribution in [0.5, 0.6) is 0 Å².